The number of nitrogens with zero attached hydrogens (tertiary/aromatic N) is 3. The first-order valence-corrected chi connectivity index (χ1v) is 9.86. The van der Waals surface area contributed by atoms with E-state index in [1.54, 1.807) is 0 Å². The van der Waals surface area contributed by atoms with E-state index >= 15 is 0 Å². The molecule has 2 aliphatic rings. The topological polar surface area (TPSA) is 9.72 Å². The molecule has 0 aromatic heterocycles. The fourth-order valence-corrected chi connectivity index (χ4v) is 3.98. The van der Waals surface area contributed by atoms with Crippen LogP contribution in [0.1, 0.15) is 24.0 Å². The van der Waals surface area contributed by atoms with Crippen molar-refractivity contribution in [2.24, 2.45) is 0 Å². The fourth-order valence-electron chi connectivity index (χ4n) is 3.98. The van der Waals surface area contributed by atoms with Crippen LogP contribution >= 0.6 is 0 Å². The highest BCUT2D eigenvalue weighted by Gasteiger charge is 2.17. The summed E-state index contributed by atoms with van der Waals surface area (Å²) in [7, 11) is 2.22. The molecule has 1 saturated heterocycles. The molecule has 3 nitrogen and oxygen atoms in total. The lowest BCUT2D eigenvalue weighted by Gasteiger charge is -2.32. The van der Waals surface area contributed by atoms with E-state index < -0.39 is 0 Å². The summed E-state index contributed by atoms with van der Waals surface area (Å²) in [5.74, 6) is 0. The number of hydrogen-bond acceptors (Lipinski definition) is 3. The van der Waals surface area contributed by atoms with Crippen LogP contribution in [-0.2, 0) is 0 Å². The Morgan fingerprint density at radius 2 is 1.23 bits per heavy atom. The molecule has 136 valence electrons. The second-order valence-corrected chi connectivity index (χ2v) is 7.45. The van der Waals surface area contributed by atoms with Gasteiger partial charge in [-0.2, -0.15) is 0 Å². The average molecular weight is 348 g/mol. The van der Waals surface area contributed by atoms with Crippen molar-refractivity contribution in [3.05, 3.63) is 59.7 Å². The number of unbranched alkanes of at least 4 members (excludes halogenated alkanes) is 1. The minimum absolute atomic E-state index is 1.07. The van der Waals surface area contributed by atoms with Crippen LogP contribution in [0.2, 0.25) is 0 Å². The van der Waals surface area contributed by atoms with E-state index in [1.807, 2.05) is 0 Å². The Morgan fingerprint density at radius 3 is 1.85 bits per heavy atom. The molecule has 2 aromatic carbocycles. The van der Waals surface area contributed by atoms with E-state index in [9.17, 15) is 0 Å². The lowest BCUT2D eigenvalue weighted by Crippen LogP contribution is -2.44. The summed E-state index contributed by atoms with van der Waals surface area (Å²) in [6.07, 6.45) is 6.98. The summed E-state index contributed by atoms with van der Waals surface area (Å²) >= 11 is 0. The lowest BCUT2D eigenvalue weighted by atomic mass is 10.1. The monoisotopic (exact) mass is 347 g/mol. The molecule has 3 heteroatoms. The van der Waals surface area contributed by atoms with Crippen LogP contribution in [0.4, 0.5) is 11.4 Å². The molecule has 26 heavy (non-hydrogen) atoms. The molecule has 0 atom stereocenters. The average Bonchev–Trinajstić information content (AvgIpc) is 2.84. The normalized spacial score (nSPS) is 17.7. The number of rotatable bonds is 5. The van der Waals surface area contributed by atoms with Crippen LogP contribution in [0.25, 0.3) is 12.2 Å². The van der Waals surface area contributed by atoms with Crippen molar-refractivity contribution in [3.63, 3.8) is 0 Å². The van der Waals surface area contributed by atoms with Crippen LogP contribution in [0.3, 0.4) is 0 Å². The summed E-state index contributed by atoms with van der Waals surface area (Å²) in [5, 5.41) is 0. The molecule has 2 heterocycles. The zero-order valence-electron chi connectivity index (χ0n) is 15.8. The number of benzene rings is 2. The molecule has 0 aliphatic carbocycles. The van der Waals surface area contributed by atoms with E-state index in [4.69, 9.17) is 0 Å². The predicted octanol–water partition coefficient (Wildman–Crippen LogP) is 4.34. The van der Waals surface area contributed by atoms with Crippen LogP contribution in [0.15, 0.2) is 48.5 Å². The van der Waals surface area contributed by atoms with Gasteiger partial charge in [0.05, 0.1) is 0 Å². The van der Waals surface area contributed by atoms with Crippen molar-refractivity contribution < 1.29 is 0 Å². The molecule has 2 aromatic rings. The lowest BCUT2D eigenvalue weighted by molar-refractivity contribution is 0.152. The van der Waals surface area contributed by atoms with Crippen molar-refractivity contribution >= 4 is 23.5 Å². The first-order chi connectivity index (χ1) is 12.8. The van der Waals surface area contributed by atoms with Gasteiger partial charge in [0.15, 0.2) is 0 Å². The van der Waals surface area contributed by atoms with Crippen LogP contribution in [-0.4, -0.2) is 56.1 Å². The van der Waals surface area contributed by atoms with Gasteiger partial charge in [0.1, 0.15) is 0 Å². The van der Waals surface area contributed by atoms with Crippen molar-refractivity contribution in [2.75, 3.05) is 51.2 Å². The van der Waals surface area contributed by atoms with Gasteiger partial charge in [-0.1, -0.05) is 48.6 Å². The molecule has 1 fully saturated rings. The van der Waals surface area contributed by atoms with Gasteiger partial charge in [0.2, 0.25) is 0 Å². The highest BCUT2D eigenvalue weighted by atomic mass is 15.2. The van der Waals surface area contributed by atoms with Crippen molar-refractivity contribution in [1.82, 2.24) is 9.80 Å². The molecule has 0 saturated carbocycles. The summed E-state index contributed by atoms with van der Waals surface area (Å²) < 4.78 is 0. The zero-order valence-corrected chi connectivity index (χ0v) is 15.8. The largest absolute Gasteiger partial charge is 0.341 e. The quantitative estimate of drug-likeness (QED) is 0.745. The summed E-state index contributed by atoms with van der Waals surface area (Å²) in [4.78, 5) is 7.55. The molecule has 0 unspecified atom stereocenters. The maximum Gasteiger partial charge on any atom is 0.0484 e. The number of para-hydroxylation sites is 2. The molecule has 0 amide bonds. The minimum atomic E-state index is 1.07. The van der Waals surface area contributed by atoms with Crippen molar-refractivity contribution in [1.29, 1.82) is 0 Å². The third-order valence-electron chi connectivity index (χ3n) is 5.60. The summed E-state index contributed by atoms with van der Waals surface area (Å²) in [6.45, 7) is 7.15. The van der Waals surface area contributed by atoms with E-state index in [0.29, 0.717) is 0 Å². The Hall–Kier alpha value is -2.10. The Bertz CT molecular complexity index is 710. The molecule has 0 spiro atoms. The van der Waals surface area contributed by atoms with Crippen molar-refractivity contribution in [2.45, 2.75) is 12.8 Å². The van der Waals surface area contributed by atoms with E-state index in [-0.39, 0.29) is 0 Å². The number of piperazine rings is 1. The third-order valence-corrected chi connectivity index (χ3v) is 5.60. The van der Waals surface area contributed by atoms with Crippen molar-refractivity contribution in [3.8, 4) is 0 Å². The third kappa shape index (κ3) is 3.84. The predicted molar refractivity (Wildman–Crippen MR) is 112 cm³/mol. The van der Waals surface area contributed by atoms with Gasteiger partial charge in [0.25, 0.3) is 0 Å². The molecular formula is C23H29N3. The molecule has 0 N–H and O–H groups in total. The maximum atomic E-state index is 2.62. The van der Waals surface area contributed by atoms with Crippen LogP contribution in [0, 0.1) is 0 Å². The number of anilines is 2. The molecule has 4 rings (SSSR count). The second-order valence-electron chi connectivity index (χ2n) is 7.45. The minimum Gasteiger partial charge on any atom is -0.341 e. The van der Waals surface area contributed by atoms with Gasteiger partial charge in [-0.25, -0.2) is 0 Å². The number of likely N-dealkylation sites (N-methyl/N-ethyl adjacent to an activating group) is 1. The first kappa shape index (κ1) is 17.3. The second kappa shape index (κ2) is 8.07. The summed E-state index contributed by atoms with van der Waals surface area (Å²) in [5.41, 5.74) is 5.27. The summed E-state index contributed by atoms with van der Waals surface area (Å²) in [6, 6.07) is 17.5. The van der Waals surface area contributed by atoms with Gasteiger partial charge in [-0.05, 0) is 49.7 Å². The molecular weight excluding hydrogens is 318 g/mol. The van der Waals surface area contributed by atoms with Gasteiger partial charge < -0.3 is 14.7 Å². The Morgan fingerprint density at radius 1 is 0.692 bits per heavy atom. The standard InChI is InChI=1S/C23H29N3/c1-24-16-18-25(19-17-24)14-6-7-15-26-22-10-4-2-8-20(22)12-13-21-9-3-5-11-23(21)26/h2-5,8-13H,6-7,14-19H2,1H3. The molecule has 0 radical (unpaired) electrons. The Labute approximate surface area is 157 Å². The van der Waals surface area contributed by atoms with E-state index in [1.165, 1.54) is 68.1 Å². The van der Waals surface area contributed by atoms with Crippen LogP contribution in [0.5, 0.6) is 0 Å². The molecule has 2 aliphatic heterocycles. The van der Waals surface area contributed by atoms with E-state index in [0.717, 1.165) is 6.54 Å². The Kier molecular flexibility index (Phi) is 5.37. The Balaban J connectivity index is 1.43. The maximum absolute atomic E-state index is 2.62. The zero-order chi connectivity index (χ0) is 17.8. The highest BCUT2D eigenvalue weighted by Crippen LogP contribution is 2.36. The van der Waals surface area contributed by atoms with Gasteiger partial charge in [-0.15, -0.1) is 0 Å². The highest BCUT2D eigenvalue weighted by molar-refractivity contribution is 5.88. The van der Waals surface area contributed by atoms with Gasteiger partial charge in [-0.3, -0.25) is 0 Å². The molecule has 0 bridgehead atoms. The first-order valence-electron chi connectivity index (χ1n) is 9.86. The van der Waals surface area contributed by atoms with Crippen LogP contribution < -0.4 is 4.90 Å². The SMILES string of the molecule is CN1CCN(CCCCN2c3ccccc3C=Cc3ccccc32)CC1. The smallest absolute Gasteiger partial charge is 0.0484 e. The van der Waals surface area contributed by atoms with E-state index in [2.05, 4.69) is 82.4 Å². The number of fused-ring (bicyclic) bond motifs is 2. The number of hydrogen-bond donors (Lipinski definition) is 0. The van der Waals surface area contributed by atoms with Gasteiger partial charge >= 0.3 is 0 Å². The van der Waals surface area contributed by atoms with Gasteiger partial charge in [0, 0.05) is 44.1 Å². The fraction of sp³-hybridized carbons (Fsp3) is 0.391.